The molecule has 63 heavy (non-hydrogen) atoms. The molecule has 2 aromatic rings. The third-order valence-corrected chi connectivity index (χ3v) is 11.2. The monoisotopic (exact) mass is 870 g/mol. The van der Waals surface area contributed by atoms with Crippen LogP contribution < -0.4 is 20.8 Å². The maximum absolute atomic E-state index is 14.3. The van der Waals surface area contributed by atoms with Gasteiger partial charge >= 0.3 is 11.9 Å². The molecular formula is C48H62N4O11. The number of aliphatic hydroxyl groups is 2. The van der Waals surface area contributed by atoms with Gasteiger partial charge in [-0.05, 0) is 74.4 Å². The Morgan fingerprint density at radius 1 is 1.03 bits per heavy atom. The number of aldehydes is 1. The number of phenols is 1. The Kier molecular flexibility index (Phi) is 19.2. The average molecular weight is 871 g/mol. The van der Waals surface area contributed by atoms with E-state index in [4.69, 9.17) is 9.47 Å². The number of para-hydroxylation sites is 1. The molecule has 2 aliphatic heterocycles. The van der Waals surface area contributed by atoms with Crippen LogP contribution in [-0.2, 0) is 39.9 Å². The van der Waals surface area contributed by atoms with Crippen LogP contribution in [0.15, 0.2) is 103 Å². The van der Waals surface area contributed by atoms with Crippen LogP contribution in [0.5, 0.6) is 11.5 Å². The predicted octanol–water partition coefficient (Wildman–Crippen LogP) is 3.98. The summed E-state index contributed by atoms with van der Waals surface area (Å²) in [5.41, 5.74) is 2.66. The van der Waals surface area contributed by atoms with Gasteiger partial charge in [0.1, 0.15) is 47.3 Å². The molecule has 2 unspecified atom stereocenters. The van der Waals surface area contributed by atoms with Gasteiger partial charge in [-0.2, -0.15) is 0 Å². The molecule has 340 valence electrons. The number of rotatable bonds is 11. The highest BCUT2D eigenvalue weighted by atomic mass is 16.5. The summed E-state index contributed by atoms with van der Waals surface area (Å²) < 4.78 is 11.4. The summed E-state index contributed by atoms with van der Waals surface area (Å²) >= 11 is 0. The Balaban J connectivity index is 1.72. The van der Waals surface area contributed by atoms with E-state index in [0.29, 0.717) is 42.6 Å². The summed E-state index contributed by atoms with van der Waals surface area (Å²) in [6.07, 6.45) is 8.85. The zero-order valence-corrected chi connectivity index (χ0v) is 36.6. The van der Waals surface area contributed by atoms with Gasteiger partial charge in [0.05, 0.1) is 18.1 Å². The normalized spacial score (nSPS) is 29.3. The molecule has 15 heteroatoms. The molecule has 15 nitrogen and oxygen atoms in total. The van der Waals surface area contributed by atoms with Crippen LogP contribution in [0.4, 0.5) is 0 Å². The number of benzene rings is 2. The maximum Gasteiger partial charge on any atom is 0.336 e. The molecule has 4 rings (SSSR count). The van der Waals surface area contributed by atoms with E-state index < -0.39 is 77.4 Å². The van der Waals surface area contributed by atoms with Crippen LogP contribution in [0.1, 0.15) is 72.3 Å². The van der Waals surface area contributed by atoms with Gasteiger partial charge in [0.25, 0.3) is 0 Å². The summed E-state index contributed by atoms with van der Waals surface area (Å²) in [6.45, 7) is 8.36. The van der Waals surface area contributed by atoms with E-state index in [1.807, 2.05) is 0 Å². The number of Topliss-reactive ketones (excluding diaryl/α,β-unsaturated/α-hetero) is 1. The number of aliphatic hydroxyl groups excluding tert-OH is 2. The van der Waals surface area contributed by atoms with Crippen molar-refractivity contribution < 1.29 is 53.6 Å². The van der Waals surface area contributed by atoms with Gasteiger partial charge in [0.15, 0.2) is 0 Å². The Morgan fingerprint density at radius 2 is 1.78 bits per heavy atom. The minimum Gasteiger partial charge on any atom is -0.508 e. The molecule has 0 saturated carbocycles. The van der Waals surface area contributed by atoms with Crippen LogP contribution >= 0.6 is 0 Å². The zero-order chi connectivity index (χ0) is 46.1. The van der Waals surface area contributed by atoms with Crippen molar-refractivity contribution in [3.8, 4) is 11.5 Å². The molecule has 6 N–H and O–H groups in total. The summed E-state index contributed by atoms with van der Waals surface area (Å²) in [7, 11) is 0. The molecule has 2 aromatic carbocycles. The number of carbonyl (C=O) groups is 6. The highest BCUT2D eigenvalue weighted by Crippen LogP contribution is 2.25. The summed E-state index contributed by atoms with van der Waals surface area (Å²) in [4.78, 5) is 80.1. The lowest BCUT2D eigenvalue weighted by molar-refractivity contribution is -0.153. The van der Waals surface area contributed by atoms with Gasteiger partial charge in [-0.1, -0.05) is 87.6 Å². The third kappa shape index (κ3) is 15.5. The first-order valence-electron chi connectivity index (χ1n) is 21.4. The number of phenolic OH excluding ortho intramolecular Hbond substituents is 1. The van der Waals surface area contributed by atoms with Gasteiger partial charge in [-0.25, -0.2) is 15.2 Å². The molecule has 1 saturated heterocycles. The lowest BCUT2D eigenvalue weighted by atomic mass is 9.84. The second-order valence-electron chi connectivity index (χ2n) is 16.8. The van der Waals surface area contributed by atoms with E-state index in [1.165, 1.54) is 37.3 Å². The van der Waals surface area contributed by atoms with Crippen molar-refractivity contribution in [1.29, 1.82) is 0 Å². The van der Waals surface area contributed by atoms with E-state index in [0.717, 1.165) is 0 Å². The summed E-state index contributed by atoms with van der Waals surface area (Å²) in [5.74, 6) is -5.06. The van der Waals surface area contributed by atoms with Crippen LogP contribution in [-0.4, -0.2) is 105 Å². The number of nitrogens with zero attached hydrogens (tertiary/aromatic N) is 1. The number of hydrazine groups is 1. The van der Waals surface area contributed by atoms with E-state index in [9.17, 15) is 44.1 Å². The van der Waals surface area contributed by atoms with Crippen molar-refractivity contribution in [2.24, 2.45) is 17.8 Å². The number of fused-ring (bicyclic) bond motifs is 2. The molecular weight excluding hydrogens is 809 g/mol. The Hall–Kier alpha value is -5.74. The van der Waals surface area contributed by atoms with Crippen LogP contribution in [0.3, 0.4) is 0 Å². The zero-order valence-electron chi connectivity index (χ0n) is 36.6. The number of allylic oxidation sites excluding steroid dienone is 4. The molecule has 0 spiro atoms. The van der Waals surface area contributed by atoms with Crippen molar-refractivity contribution in [1.82, 2.24) is 21.1 Å². The Bertz CT molecular complexity index is 2010. The fourth-order valence-electron chi connectivity index (χ4n) is 7.46. The highest BCUT2D eigenvalue weighted by Gasteiger charge is 2.41. The average Bonchev–Trinajstić information content (AvgIpc) is 3.24. The fourth-order valence-corrected chi connectivity index (χ4v) is 7.46. The molecule has 2 amide bonds. The Morgan fingerprint density at radius 3 is 2.46 bits per heavy atom. The molecule has 2 aliphatic rings. The first-order chi connectivity index (χ1) is 30.0. The van der Waals surface area contributed by atoms with E-state index >= 15 is 0 Å². The highest BCUT2D eigenvalue weighted by molar-refractivity contribution is 5.91. The number of amides is 2. The SMILES string of the molecule is CC(=O)CC[C@H]1C(=O)N[C@@H](C(C)C)C(=O)N[C@](C=O)(Cc2cccc(O)c2)CN2CCCC(N2)C(=O)O[C@H](/C(C)=C/C=C/C(=O)Oc2ccccc2)C/C=C/C=C/[C@H](O)[C@H](C)[C@H]1O. The van der Waals surface area contributed by atoms with Crippen LogP contribution in [0, 0.1) is 17.8 Å². The van der Waals surface area contributed by atoms with Crippen LogP contribution in [0.2, 0.25) is 0 Å². The number of aromatic hydroxyl groups is 1. The van der Waals surface area contributed by atoms with Gasteiger partial charge in [-0.15, -0.1) is 0 Å². The van der Waals surface area contributed by atoms with E-state index in [2.05, 4.69) is 16.1 Å². The summed E-state index contributed by atoms with van der Waals surface area (Å²) in [5, 5.41) is 40.3. The van der Waals surface area contributed by atoms with Crippen molar-refractivity contribution in [2.45, 2.75) is 109 Å². The molecule has 9 atom stereocenters. The second-order valence-corrected chi connectivity index (χ2v) is 16.8. The third-order valence-electron chi connectivity index (χ3n) is 11.2. The number of ketones is 1. The lowest BCUT2D eigenvalue weighted by Gasteiger charge is -2.40. The van der Waals surface area contributed by atoms with Crippen molar-refractivity contribution in [3.63, 3.8) is 0 Å². The summed E-state index contributed by atoms with van der Waals surface area (Å²) in [6, 6.07) is 12.8. The van der Waals surface area contributed by atoms with Gasteiger partial charge in [0, 0.05) is 44.3 Å². The van der Waals surface area contributed by atoms with Gasteiger partial charge in [0.2, 0.25) is 11.8 Å². The smallest absolute Gasteiger partial charge is 0.336 e. The number of cyclic esters (lactones) is 1. The van der Waals surface area contributed by atoms with Crippen molar-refractivity contribution >= 4 is 35.8 Å². The quantitative estimate of drug-likeness (QED) is 0.0620. The first-order valence-corrected chi connectivity index (χ1v) is 21.4. The standard InChI is InChI=1S/C48H62N4O11/c1-31(2)43-46(60)50-48(30-53,28-35-16-13-17-36(55)27-35)29-52-26-14-20-39(51-52)47(61)63-41(32(3)15-12-23-42(57)62-37-18-8-6-9-19-37)22-11-7-10-21-40(56)34(5)44(58)38(45(59)49-43)25-24-33(4)54/h6-13,15-19,21,23,27,30-31,34,38-41,43-44,51,55-56,58H,14,20,22,24-26,28-29H2,1-5H3,(H,49,59)(H,50,60)/b11-7+,21-10+,23-12+,32-15+/t34-,38+,39?,40-,41-,43-,44+,48+/m0/s1. The fraction of sp³-hybridized carbons (Fsp3) is 0.458. The lowest BCUT2D eigenvalue weighted by Crippen LogP contribution is -2.66. The molecule has 0 aromatic heterocycles. The van der Waals surface area contributed by atoms with Gasteiger partial charge in [-0.3, -0.25) is 14.4 Å². The molecule has 1 fully saturated rings. The van der Waals surface area contributed by atoms with Crippen LogP contribution in [0.25, 0.3) is 0 Å². The molecule has 2 bridgehead atoms. The van der Waals surface area contributed by atoms with Crippen molar-refractivity contribution in [2.75, 3.05) is 13.1 Å². The number of ether oxygens (including phenoxy) is 2. The largest absolute Gasteiger partial charge is 0.508 e. The second kappa shape index (κ2) is 24.2. The van der Waals surface area contributed by atoms with Crippen molar-refractivity contribution in [3.05, 3.63) is 108 Å². The maximum atomic E-state index is 14.3. The molecule has 2 heterocycles. The predicted molar refractivity (Wildman–Crippen MR) is 236 cm³/mol. The molecule has 0 radical (unpaired) electrons. The number of carbonyl (C=O) groups excluding carboxylic acids is 6. The van der Waals surface area contributed by atoms with Gasteiger partial charge < -0.3 is 45.0 Å². The Labute approximate surface area is 369 Å². The number of hydrogen-bond donors (Lipinski definition) is 6. The minimum absolute atomic E-state index is 0.0374. The van der Waals surface area contributed by atoms with E-state index in [1.54, 1.807) is 99.5 Å². The van der Waals surface area contributed by atoms with E-state index in [-0.39, 0.29) is 43.8 Å². The number of hydrogen-bond acceptors (Lipinski definition) is 13. The topological polar surface area (TPSA) is 221 Å². The first kappa shape index (κ1) is 49.9. The number of nitrogens with one attached hydrogen (secondary N) is 3. The molecule has 0 aliphatic carbocycles. The number of esters is 2. The minimum atomic E-state index is -1.66.